The zero-order valence-electron chi connectivity index (χ0n) is 21.7. The Kier molecular flexibility index (Phi) is 11.3. The number of benzene rings is 2. The number of aromatic nitrogens is 1. The Balaban J connectivity index is 0.00000253. The summed E-state index contributed by atoms with van der Waals surface area (Å²) in [6.45, 7) is 3.48. The van der Waals surface area contributed by atoms with E-state index in [-0.39, 0.29) is 36.1 Å². The monoisotopic (exact) mass is 557 g/mol. The number of amides is 1. The van der Waals surface area contributed by atoms with Crippen LogP contribution >= 0.6 is 24.8 Å². The van der Waals surface area contributed by atoms with Gasteiger partial charge >= 0.3 is 0 Å². The highest BCUT2D eigenvalue weighted by atomic mass is 35.5. The van der Waals surface area contributed by atoms with Crippen molar-refractivity contribution in [3.05, 3.63) is 101 Å². The second-order valence-electron chi connectivity index (χ2n) is 9.18. The molecule has 2 aromatic carbocycles. The minimum absolute atomic E-state index is 0. The van der Waals surface area contributed by atoms with E-state index in [2.05, 4.69) is 4.98 Å². The molecule has 0 radical (unpaired) electrons. The van der Waals surface area contributed by atoms with Gasteiger partial charge in [0.25, 0.3) is 11.7 Å². The zero-order valence-corrected chi connectivity index (χ0v) is 23.3. The third kappa shape index (κ3) is 6.92. The summed E-state index contributed by atoms with van der Waals surface area (Å²) in [5.41, 5.74) is 3.15. The number of halogens is 2. The molecule has 1 atom stereocenters. The molecular formula is C29H33Cl2N3O4. The normalized spacial score (nSPS) is 16.2. The standard InChI is InChI=1S/C29H31N3O4.2ClH/c1-20-18-23(10-11-24(20)36-19-21-8-5-4-6-9-21)27(33)25-26(22-12-14-30-15-13-22)32(29(35)28(25)34)17-7-16-31(2)3;;/h4-6,8-15,18,26,33H,7,16-17,19H2,1-3H3;2*1H/b27-25+;;. The molecule has 0 aliphatic carbocycles. The van der Waals surface area contributed by atoms with E-state index in [0.29, 0.717) is 30.9 Å². The van der Waals surface area contributed by atoms with Crippen molar-refractivity contribution < 1.29 is 19.4 Å². The van der Waals surface area contributed by atoms with Crippen molar-refractivity contribution in [2.45, 2.75) is 26.0 Å². The van der Waals surface area contributed by atoms with Gasteiger partial charge in [0.05, 0.1) is 11.6 Å². The number of pyridine rings is 1. The predicted molar refractivity (Wildman–Crippen MR) is 153 cm³/mol. The molecule has 4 rings (SSSR count). The zero-order chi connectivity index (χ0) is 25.7. The summed E-state index contributed by atoms with van der Waals surface area (Å²) in [6, 6.07) is 18.0. The maximum atomic E-state index is 13.2. The number of rotatable bonds is 9. The quantitative estimate of drug-likeness (QED) is 0.221. The first kappa shape index (κ1) is 30.8. The number of aryl methyl sites for hydroxylation is 1. The van der Waals surface area contributed by atoms with E-state index in [1.54, 1.807) is 47.6 Å². The first-order valence-electron chi connectivity index (χ1n) is 12.0. The first-order valence-corrected chi connectivity index (χ1v) is 12.0. The van der Waals surface area contributed by atoms with Crippen LogP contribution in [0.4, 0.5) is 0 Å². The van der Waals surface area contributed by atoms with Crippen LogP contribution in [0.1, 0.15) is 34.7 Å². The van der Waals surface area contributed by atoms with Gasteiger partial charge in [0.2, 0.25) is 0 Å². The van der Waals surface area contributed by atoms with Gasteiger partial charge in [-0.1, -0.05) is 30.3 Å². The first-order chi connectivity index (χ1) is 17.4. The number of aliphatic hydroxyl groups is 1. The van der Waals surface area contributed by atoms with Crippen LogP contribution in [-0.2, 0) is 16.2 Å². The third-order valence-corrected chi connectivity index (χ3v) is 6.25. The molecule has 0 saturated carbocycles. The molecule has 38 heavy (non-hydrogen) atoms. The average Bonchev–Trinajstić information content (AvgIpc) is 3.13. The van der Waals surface area contributed by atoms with Gasteiger partial charge in [0, 0.05) is 24.5 Å². The molecule has 0 spiro atoms. The largest absolute Gasteiger partial charge is 0.507 e. The summed E-state index contributed by atoms with van der Waals surface area (Å²) < 4.78 is 5.95. The van der Waals surface area contributed by atoms with Crippen LogP contribution in [-0.4, -0.2) is 58.8 Å². The van der Waals surface area contributed by atoms with Crippen molar-refractivity contribution in [1.82, 2.24) is 14.8 Å². The molecule has 7 nitrogen and oxygen atoms in total. The molecule has 1 aromatic heterocycles. The van der Waals surface area contributed by atoms with Gasteiger partial charge in [0.1, 0.15) is 18.1 Å². The van der Waals surface area contributed by atoms with E-state index < -0.39 is 17.7 Å². The van der Waals surface area contributed by atoms with Gasteiger partial charge in [-0.2, -0.15) is 0 Å². The van der Waals surface area contributed by atoms with Gasteiger partial charge < -0.3 is 19.6 Å². The fourth-order valence-electron chi connectivity index (χ4n) is 4.41. The Morgan fingerprint density at radius 2 is 1.71 bits per heavy atom. The lowest BCUT2D eigenvalue weighted by atomic mass is 9.95. The van der Waals surface area contributed by atoms with E-state index in [9.17, 15) is 14.7 Å². The summed E-state index contributed by atoms with van der Waals surface area (Å²) in [6.07, 6.45) is 3.95. The van der Waals surface area contributed by atoms with Gasteiger partial charge in [-0.3, -0.25) is 14.6 Å². The number of carbonyl (C=O) groups excluding carboxylic acids is 2. The second kappa shape index (κ2) is 14.0. The number of ketones is 1. The minimum atomic E-state index is -0.679. The van der Waals surface area contributed by atoms with Crippen LogP contribution in [0.2, 0.25) is 0 Å². The highest BCUT2D eigenvalue weighted by molar-refractivity contribution is 6.46. The SMILES string of the molecule is Cc1cc(/C(O)=C2\C(=O)C(=O)N(CCCN(C)C)C2c2ccncc2)ccc1OCc1ccccc1.Cl.Cl. The summed E-state index contributed by atoms with van der Waals surface area (Å²) in [7, 11) is 3.92. The second-order valence-corrected chi connectivity index (χ2v) is 9.18. The van der Waals surface area contributed by atoms with Crippen LogP contribution in [0.3, 0.4) is 0 Å². The molecule has 2 heterocycles. The lowest BCUT2D eigenvalue weighted by Crippen LogP contribution is -2.32. The summed E-state index contributed by atoms with van der Waals surface area (Å²) in [5, 5.41) is 11.3. The van der Waals surface area contributed by atoms with Crippen molar-refractivity contribution in [2.24, 2.45) is 0 Å². The topological polar surface area (TPSA) is 83.0 Å². The predicted octanol–water partition coefficient (Wildman–Crippen LogP) is 5.19. The van der Waals surface area contributed by atoms with Gasteiger partial charge in [-0.05, 0) is 81.0 Å². The van der Waals surface area contributed by atoms with Crippen LogP contribution < -0.4 is 4.74 Å². The number of nitrogens with zero attached hydrogens (tertiary/aromatic N) is 3. The van der Waals surface area contributed by atoms with Gasteiger partial charge in [-0.15, -0.1) is 24.8 Å². The van der Waals surface area contributed by atoms with Crippen molar-refractivity contribution in [2.75, 3.05) is 27.2 Å². The molecule has 1 N–H and O–H groups in total. The lowest BCUT2D eigenvalue weighted by molar-refractivity contribution is -0.139. The third-order valence-electron chi connectivity index (χ3n) is 6.25. The van der Waals surface area contributed by atoms with E-state index in [1.165, 1.54) is 0 Å². The number of carbonyl (C=O) groups is 2. The number of hydrogen-bond acceptors (Lipinski definition) is 6. The molecule has 9 heteroatoms. The Hall–Kier alpha value is -3.39. The summed E-state index contributed by atoms with van der Waals surface area (Å²) >= 11 is 0. The molecular weight excluding hydrogens is 525 g/mol. The molecule has 202 valence electrons. The Morgan fingerprint density at radius 1 is 1.03 bits per heavy atom. The van der Waals surface area contributed by atoms with E-state index in [4.69, 9.17) is 4.74 Å². The maximum absolute atomic E-state index is 13.2. The average molecular weight is 559 g/mol. The molecule has 3 aromatic rings. The molecule has 1 amide bonds. The van der Waals surface area contributed by atoms with E-state index in [0.717, 1.165) is 23.2 Å². The fraction of sp³-hybridized carbons (Fsp3) is 0.276. The molecule has 1 saturated heterocycles. The number of aliphatic hydroxyl groups excluding tert-OH is 1. The highest BCUT2D eigenvalue weighted by Crippen LogP contribution is 2.39. The van der Waals surface area contributed by atoms with Crippen molar-refractivity contribution in [1.29, 1.82) is 0 Å². The van der Waals surface area contributed by atoms with Crippen LogP contribution in [0, 0.1) is 6.92 Å². The van der Waals surface area contributed by atoms with E-state index in [1.807, 2.05) is 56.3 Å². The molecule has 1 aliphatic rings. The minimum Gasteiger partial charge on any atom is -0.507 e. The number of ether oxygens (including phenoxy) is 1. The molecule has 1 unspecified atom stereocenters. The van der Waals surface area contributed by atoms with Crippen molar-refractivity contribution >= 4 is 42.3 Å². The Morgan fingerprint density at radius 3 is 2.34 bits per heavy atom. The fourth-order valence-corrected chi connectivity index (χ4v) is 4.41. The van der Waals surface area contributed by atoms with Crippen molar-refractivity contribution in [3.63, 3.8) is 0 Å². The van der Waals surface area contributed by atoms with Crippen LogP contribution in [0.25, 0.3) is 5.76 Å². The van der Waals surface area contributed by atoms with Gasteiger partial charge in [-0.25, -0.2) is 0 Å². The van der Waals surface area contributed by atoms with Crippen LogP contribution in [0.5, 0.6) is 5.75 Å². The summed E-state index contributed by atoms with van der Waals surface area (Å²) in [5.74, 6) is -0.786. The summed E-state index contributed by atoms with van der Waals surface area (Å²) in [4.78, 5) is 33.8. The van der Waals surface area contributed by atoms with Gasteiger partial charge in [0.15, 0.2) is 0 Å². The van der Waals surface area contributed by atoms with Crippen molar-refractivity contribution in [3.8, 4) is 5.75 Å². The Labute approximate surface area is 236 Å². The number of Topliss-reactive ketones (excluding diaryl/α,β-unsaturated/α-hetero) is 1. The number of likely N-dealkylation sites (tertiary alicyclic amines) is 1. The molecule has 1 aliphatic heterocycles. The number of hydrogen-bond donors (Lipinski definition) is 1. The molecule has 1 fully saturated rings. The Bertz CT molecular complexity index is 1270. The smallest absolute Gasteiger partial charge is 0.295 e. The van der Waals surface area contributed by atoms with E-state index >= 15 is 0 Å². The maximum Gasteiger partial charge on any atom is 0.295 e. The highest BCUT2D eigenvalue weighted by Gasteiger charge is 2.45. The lowest BCUT2D eigenvalue weighted by Gasteiger charge is -2.25. The van der Waals surface area contributed by atoms with Crippen LogP contribution in [0.15, 0.2) is 78.6 Å². The molecule has 0 bridgehead atoms.